The van der Waals surface area contributed by atoms with E-state index in [4.69, 9.17) is 11.6 Å². The zero-order chi connectivity index (χ0) is 14.1. The zero-order valence-corrected chi connectivity index (χ0v) is 11.8. The summed E-state index contributed by atoms with van der Waals surface area (Å²) in [7, 11) is 0. The fourth-order valence-corrected chi connectivity index (χ4v) is 2.36. The number of benzene rings is 2. The molecule has 3 nitrogen and oxygen atoms in total. The van der Waals surface area contributed by atoms with E-state index in [1.165, 1.54) is 0 Å². The van der Waals surface area contributed by atoms with E-state index in [0.717, 1.165) is 11.1 Å². The first-order chi connectivity index (χ1) is 9.65. The lowest BCUT2D eigenvalue weighted by atomic mass is 10.2. The third-order valence-corrected chi connectivity index (χ3v) is 3.56. The molecular formula is C16H13ClN2O. The van der Waals surface area contributed by atoms with Crippen molar-refractivity contribution in [2.75, 3.05) is 0 Å². The summed E-state index contributed by atoms with van der Waals surface area (Å²) < 4.78 is 1.69. The Hall–Kier alpha value is -2.13. The summed E-state index contributed by atoms with van der Waals surface area (Å²) in [6.07, 6.45) is 0. The Morgan fingerprint density at radius 1 is 1.10 bits per heavy atom. The van der Waals surface area contributed by atoms with E-state index >= 15 is 0 Å². The molecule has 0 spiro atoms. The first-order valence-electron chi connectivity index (χ1n) is 6.36. The van der Waals surface area contributed by atoms with Crippen LogP contribution in [-0.4, -0.2) is 9.55 Å². The van der Waals surface area contributed by atoms with E-state index in [1.54, 1.807) is 4.57 Å². The number of fused-ring (bicyclic) bond motifs is 1. The average Bonchev–Trinajstić information content (AvgIpc) is 2.45. The first-order valence-corrected chi connectivity index (χ1v) is 6.73. The predicted octanol–water partition coefficient (Wildman–Crippen LogP) is 3.41. The number of aryl methyl sites for hydroxylation is 1. The largest absolute Gasteiger partial charge is 0.292 e. The second kappa shape index (κ2) is 5.10. The van der Waals surface area contributed by atoms with Gasteiger partial charge in [0.2, 0.25) is 0 Å². The van der Waals surface area contributed by atoms with Gasteiger partial charge in [0.1, 0.15) is 5.82 Å². The highest BCUT2D eigenvalue weighted by atomic mass is 35.5. The molecule has 3 rings (SSSR count). The van der Waals surface area contributed by atoms with Gasteiger partial charge in [-0.15, -0.1) is 0 Å². The monoisotopic (exact) mass is 284 g/mol. The molecule has 20 heavy (non-hydrogen) atoms. The third-order valence-electron chi connectivity index (χ3n) is 3.31. The van der Waals surface area contributed by atoms with Crippen LogP contribution in [0.3, 0.4) is 0 Å². The molecule has 4 heteroatoms. The second-order valence-corrected chi connectivity index (χ2v) is 5.13. The second-order valence-electron chi connectivity index (χ2n) is 4.69. The molecule has 1 heterocycles. The van der Waals surface area contributed by atoms with Gasteiger partial charge in [-0.05, 0) is 36.8 Å². The van der Waals surface area contributed by atoms with Crippen molar-refractivity contribution in [3.63, 3.8) is 0 Å². The van der Waals surface area contributed by atoms with E-state index in [1.807, 2.05) is 55.5 Å². The van der Waals surface area contributed by atoms with Crippen LogP contribution < -0.4 is 5.56 Å². The number of hydrogen-bond donors (Lipinski definition) is 0. The number of para-hydroxylation sites is 1. The molecule has 0 saturated carbocycles. The van der Waals surface area contributed by atoms with Gasteiger partial charge in [-0.25, -0.2) is 4.98 Å². The molecule has 0 saturated heterocycles. The molecule has 0 radical (unpaired) electrons. The summed E-state index contributed by atoms with van der Waals surface area (Å²) in [6, 6.07) is 14.9. The van der Waals surface area contributed by atoms with Gasteiger partial charge >= 0.3 is 0 Å². The Bertz CT molecular complexity index is 822. The maximum Gasteiger partial charge on any atom is 0.261 e. The van der Waals surface area contributed by atoms with Crippen molar-refractivity contribution in [3.8, 4) is 0 Å². The summed E-state index contributed by atoms with van der Waals surface area (Å²) in [6.45, 7) is 2.35. The van der Waals surface area contributed by atoms with Crippen molar-refractivity contribution in [2.24, 2.45) is 0 Å². The Morgan fingerprint density at radius 2 is 1.80 bits per heavy atom. The number of hydrogen-bond acceptors (Lipinski definition) is 2. The fourth-order valence-electron chi connectivity index (χ4n) is 2.24. The summed E-state index contributed by atoms with van der Waals surface area (Å²) in [5.41, 5.74) is 1.75. The lowest BCUT2D eigenvalue weighted by Gasteiger charge is -2.10. The van der Waals surface area contributed by atoms with Crippen LogP contribution in [0.4, 0.5) is 0 Å². The van der Waals surface area contributed by atoms with Gasteiger partial charge in [0.05, 0.1) is 17.4 Å². The minimum absolute atomic E-state index is 0.0111. The Morgan fingerprint density at radius 3 is 2.55 bits per heavy atom. The number of rotatable bonds is 2. The highest BCUT2D eigenvalue weighted by Crippen LogP contribution is 2.12. The van der Waals surface area contributed by atoms with E-state index in [9.17, 15) is 4.79 Å². The van der Waals surface area contributed by atoms with Crippen LogP contribution in [0.5, 0.6) is 0 Å². The van der Waals surface area contributed by atoms with Crippen LogP contribution >= 0.6 is 11.6 Å². The predicted molar refractivity (Wildman–Crippen MR) is 81.3 cm³/mol. The molecule has 2 aromatic carbocycles. The smallest absolute Gasteiger partial charge is 0.261 e. The first kappa shape index (κ1) is 12.9. The van der Waals surface area contributed by atoms with E-state index < -0.39 is 0 Å². The summed E-state index contributed by atoms with van der Waals surface area (Å²) in [5, 5.41) is 1.33. The van der Waals surface area contributed by atoms with Crippen LogP contribution in [-0.2, 0) is 6.54 Å². The number of nitrogens with zero attached hydrogens (tertiary/aromatic N) is 2. The van der Waals surface area contributed by atoms with Crippen molar-refractivity contribution in [1.82, 2.24) is 9.55 Å². The highest BCUT2D eigenvalue weighted by Gasteiger charge is 2.07. The molecule has 0 fully saturated rings. The van der Waals surface area contributed by atoms with Gasteiger partial charge in [0, 0.05) is 5.02 Å². The Kier molecular flexibility index (Phi) is 3.28. The zero-order valence-electron chi connectivity index (χ0n) is 11.0. The van der Waals surface area contributed by atoms with Crippen LogP contribution in [0.2, 0.25) is 5.02 Å². The van der Waals surface area contributed by atoms with E-state index in [0.29, 0.717) is 22.8 Å². The van der Waals surface area contributed by atoms with Gasteiger partial charge in [0.25, 0.3) is 5.56 Å². The van der Waals surface area contributed by atoms with Gasteiger partial charge < -0.3 is 0 Å². The lowest BCUT2D eigenvalue weighted by molar-refractivity contribution is 0.713. The van der Waals surface area contributed by atoms with Crippen molar-refractivity contribution in [2.45, 2.75) is 13.5 Å². The van der Waals surface area contributed by atoms with Gasteiger partial charge in [-0.2, -0.15) is 0 Å². The molecule has 1 aromatic heterocycles. The van der Waals surface area contributed by atoms with Crippen LogP contribution in [0.1, 0.15) is 11.4 Å². The molecule has 0 N–H and O–H groups in total. The van der Waals surface area contributed by atoms with Crippen molar-refractivity contribution >= 4 is 22.5 Å². The summed E-state index contributed by atoms with van der Waals surface area (Å²) >= 11 is 5.87. The minimum Gasteiger partial charge on any atom is -0.292 e. The van der Waals surface area contributed by atoms with Gasteiger partial charge in [-0.1, -0.05) is 35.9 Å². The van der Waals surface area contributed by atoms with Crippen molar-refractivity contribution in [3.05, 3.63) is 75.3 Å². The normalized spacial score (nSPS) is 10.9. The van der Waals surface area contributed by atoms with Gasteiger partial charge in [0.15, 0.2) is 0 Å². The highest BCUT2D eigenvalue weighted by molar-refractivity contribution is 6.30. The summed E-state index contributed by atoms with van der Waals surface area (Å²) in [4.78, 5) is 17.0. The number of halogens is 1. The molecule has 0 unspecified atom stereocenters. The molecule has 0 aliphatic heterocycles. The standard InChI is InChI=1S/C16H13ClN2O/c1-11-18-15-5-3-2-4-14(15)16(20)19(11)10-12-6-8-13(17)9-7-12/h2-9H,10H2,1H3. The van der Waals surface area contributed by atoms with Crippen molar-refractivity contribution in [1.29, 1.82) is 0 Å². The minimum atomic E-state index is -0.0111. The molecule has 0 atom stereocenters. The molecule has 0 bridgehead atoms. The van der Waals surface area contributed by atoms with E-state index in [2.05, 4.69) is 4.98 Å². The van der Waals surface area contributed by atoms with E-state index in [-0.39, 0.29) is 5.56 Å². The fraction of sp³-hybridized carbons (Fsp3) is 0.125. The SMILES string of the molecule is Cc1nc2ccccc2c(=O)n1Cc1ccc(Cl)cc1. The maximum absolute atomic E-state index is 12.5. The molecular weight excluding hydrogens is 272 g/mol. The molecule has 0 amide bonds. The molecule has 0 aliphatic carbocycles. The molecule has 100 valence electrons. The van der Waals surface area contributed by atoms with Crippen LogP contribution in [0, 0.1) is 6.92 Å². The Labute approximate surface area is 121 Å². The summed E-state index contributed by atoms with van der Waals surface area (Å²) in [5.74, 6) is 0.712. The molecule has 3 aromatic rings. The number of aromatic nitrogens is 2. The average molecular weight is 285 g/mol. The third kappa shape index (κ3) is 2.32. The van der Waals surface area contributed by atoms with Gasteiger partial charge in [-0.3, -0.25) is 9.36 Å². The van der Waals surface area contributed by atoms with Crippen LogP contribution in [0.15, 0.2) is 53.3 Å². The maximum atomic E-state index is 12.5. The molecule has 0 aliphatic rings. The van der Waals surface area contributed by atoms with Crippen LogP contribution in [0.25, 0.3) is 10.9 Å². The quantitative estimate of drug-likeness (QED) is 0.723. The topological polar surface area (TPSA) is 34.9 Å². The lowest BCUT2D eigenvalue weighted by Crippen LogP contribution is -2.24. The Balaban J connectivity index is 2.11. The van der Waals surface area contributed by atoms with Crippen molar-refractivity contribution < 1.29 is 0 Å².